The minimum atomic E-state index is -0.413. The van der Waals surface area contributed by atoms with E-state index < -0.39 is 5.91 Å². The molecule has 0 unspecified atom stereocenters. The van der Waals surface area contributed by atoms with Gasteiger partial charge in [-0.15, -0.1) is 0 Å². The predicted molar refractivity (Wildman–Crippen MR) is 121 cm³/mol. The summed E-state index contributed by atoms with van der Waals surface area (Å²) >= 11 is 5.98. The van der Waals surface area contributed by atoms with Crippen molar-refractivity contribution in [2.75, 3.05) is 13.7 Å². The van der Waals surface area contributed by atoms with Gasteiger partial charge in [0.05, 0.1) is 23.9 Å². The van der Waals surface area contributed by atoms with Gasteiger partial charge in [0.25, 0.3) is 5.91 Å². The highest BCUT2D eigenvalue weighted by Crippen LogP contribution is 2.22. The molecule has 0 spiro atoms. The quantitative estimate of drug-likeness (QED) is 0.298. The van der Waals surface area contributed by atoms with E-state index in [4.69, 9.17) is 21.1 Å². The molecule has 8 heteroatoms. The van der Waals surface area contributed by atoms with Crippen molar-refractivity contribution < 1.29 is 23.8 Å². The van der Waals surface area contributed by atoms with Crippen LogP contribution in [-0.4, -0.2) is 31.8 Å². The van der Waals surface area contributed by atoms with Gasteiger partial charge in [0.15, 0.2) is 6.61 Å². The molecule has 0 saturated heterocycles. The van der Waals surface area contributed by atoms with Gasteiger partial charge in [-0.3, -0.25) is 4.79 Å². The molecular formula is C24H21ClN2O5. The van der Waals surface area contributed by atoms with Gasteiger partial charge in [0, 0.05) is 0 Å². The Morgan fingerprint density at radius 3 is 2.53 bits per heavy atom. The molecule has 0 saturated carbocycles. The lowest BCUT2D eigenvalue weighted by molar-refractivity contribution is -0.123. The van der Waals surface area contributed by atoms with Crippen LogP contribution in [0.15, 0.2) is 77.9 Å². The van der Waals surface area contributed by atoms with Gasteiger partial charge in [-0.05, 0) is 47.5 Å². The Balaban J connectivity index is 1.47. The minimum Gasteiger partial charge on any atom is -0.489 e. The van der Waals surface area contributed by atoms with Gasteiger partial charge < -0.3 is 14.2 Å². The van der Waals surface area contributed by atoms with Gasteiger partial charge in [-0.1, -0.05) is 48.0 Å². The molecule has 0 heterocycles. The summed E-state index contributed by atoms with van der Waals surface area (Å²) in [5.74, 6) is 0.272. The lowest BCUT2D eigenvalue weighted by Gasteiger charge is -2.08. The number of amides is 1. The first-order chi connectivity index (χ1) is 15.5. The zero-order valence-electron chi connectivity index (χ0n) is 17.3. The molecule has 0 bridgehead atoms. The molecule has 7 nitrogen and oxygen atoms in total. The number of ether oxygens (including phenoxy) is 3. The minimum absolute atomic E-state index is 0.209. The second kappa shape index (κ2) is 11.5. The van der Waals surface area contributed by atoms with E-state index in [2.05, 4.69) is 15.3 Å². The molecule has 3 aromatic carbocycles. The number of halogens is 1. The van der Waals surface area contributed by atoms with Gasteiger partial charge in [0.2, 0.25) is 0 Å². The molecule has 0 aliphatic rings. The van der Waals surface area contributed by atoms with E-state index >= 15 is 0 Å². The number of carbonyl (C=O) groups is 2. The van der Waals surface area contributed by atoms with Crippen molar-refractivity contribution in [3.63, 3.8) is 0 Å². The fourth-order valence-corrected chi connectivity index (χ4v) is 2.81. The largest absolute Gasteiger partial charge is 0.489 e. The van der Waals surface area contributed by atoms with Crippen molar-refractivity contribution in [1.29, 1.82) is 0 Å². The molecule has 0 aliphatic heterocycles. The molecule has 0 aliphatic carbocycles. The van der Waals surface area contributed by atoms with Crippen LogP contribution in [0.4, 0.5) is 0 Å². The van der Waals surface area contributed by atoms with Crippen molar-refractivity contribution in [2.24, 2.45) is 5.10 Å². The molecule has 3 aromatic rings. The Morgan fingerprint density at radius 2 is 1.78 bits per heavy atom. The average Bonchev–Trinajstić information content (AvgIpc) is 2.82. The number of hydrazone groups is 1. The second-order valence-electron chi connectivity index (χ2n) is 6.56. The van der Waals surface area contributed by atoms with Crippen LogP contribution < -0.4 is 14.9 Å². The number of benzene rings is 3. The summed E-state index contributed by atoms with van der Waals surface area (Å²) < 4.78 is 15.8. The van der Waals surface area contributed by atoms with Crippen molar-refractivity contribution in [2.45, 2.75) is 6.61 Å². The molecule has 0 aromatic heterocycles. The zero-order valence-corrected chi connectivity index (χ0v) is 18.0. The maximum absolute atomic E-state index is 11.9. The predicted octanol–water partition coefficient (Wildman–Crippen LogP) is 4.23. The molecule has 1 amide bonds. The van der Waals surface area contributed by atoms with Gasteiger partial charge in [0.1, 0.15) is 18.1 Å². The van der Waals surface area contributed by atoms with Crippen molar-refractivity contribution >= 4 is 29.7 Å². The third-order valence-corrected chi connectivity index (χ3v) is 4.55. The number of nitrogens with one attached hydrogen (secondary N) is 1. The lowest BCUT2D eigenvalue weighted by Crippen LogP contribution is -2.24. The third-order valence-electron chi connectivity index (χ3n) is 4.24. The third kappa shape index (κ3) is 6.85. The number of methoxy groups -OCH3 is 1. The number of carbonyl (C=O) groups excluding carboxylic acids is 2. The fourth-order valence-electron chi connectivity index (χ4n) is 2.62. The standard InChI is InChI=1S/C24H21ClN2O5/c1-30-24(29)19-11-9-17(10-12-19)15-31-20-6-4-5-18(13-20)14-26-27-23(28)16-32-22-8-3-2-7-21(22)25/h2-14H,15-16H2,1H3,(H,27,28). The summed E-state index contributed by atoms with van der Waals surface area (Å²) in [5.41, 5.74) is 4.53. The van der Waals surface area contributed by atoms with E-state index in [-0.39, 0.29) is 12.6 Å². The van der Waals surface area contributed by atoms with Crippen LogP contribution in [0.2, 0.25) is 5.02 Å². The number of nitrogens with zero attached hydrogens (tertiary/aromatic N) is 1. The Hall–Kier alpha value is -3.84. The highest BCUT2D eigenvalue weighted by Gasteiger charge is 2.06. The van der Waals surface area contributed by atoms with E-state index in [0.29, 0.717) is 28.7 Å². The van der Waals surface area contributed by atoms with Crippen LogP contribution in [0.3, 0.4) is 0 Å². The first kappa shape index (κ1) is 22.8. The topological polar surface area (TPSA) is 86.2 Å². The fraction of sp³-hybridized carbons (Fsp3) is 0.125. The molecule has 0 fully saturated rings. The first-order valence-corrected chi connectivity index (χ1v) is 10.0. The van der Waals surface area contributed by atoms with Crippen LogP contribution in [0.1, 0.15) is 21.5 Å². The SMILES string of the molecule is COC(=O)c1ccc(COc2cccc(C=NNC(=O)COc3ccccc3Cl)c2)cc1. The van der Waals surface area contributed by atoms with E-state index in [9.17, 15) is 9.59 Å². The van der Waals surface area contributed by atoms with Crippen LogP contribution in [-0.2, 0) is 16.1 Å². The normalized spacial score (nSPS) is 10.6. The molecule has 0 atom stereocenters. The van der Waals surface area contributed by atoms with Crippen LogP contribution in [0.5, 0.6) is 11.5 Å². The summed E-state index contributed by atoms with van der Waals surface area (Å²) in [5, 5.41) is 4.36. The van der Waals surface area contributed by atoms with E-state index in [1.165, 1.54) is 13.3 Å². The molecule has 3 rings (SSSR count). The van der Waals surface area contributed by atoms with Crippen LogP contribution >= 0.6 is 11.6 Å². The number of esters is 1. The van der Waals surface area contributed by atoms with Crippen molar-refractivity contribution in [1.82, 2.24) is 5.43 Å². The summed E-state index contributed by atoms with van der Waals surface area (Å²) in [6.07, 6.45) is 1.51. The number of hydrogen-bond acceptors (Lipinski definition) is 6. The van der Waals surface area contributed by atoms with E-state index in [0.717, 1.165) is 11.1 Å². The molecule has 1 N–H and O–H groups in total. The maximum Gasteiger partial charge on any atom is 0.337 e. The zero-order chi connectivity index (χ0) is 22.8. The smallest absolute Gasteiger partial charge is 0.337 e. The van der Waals surface area contributed by atoms with Gasteiger partial charge in [-0.25, -0.2) is 10.2 Å². The first-order valence-electron chi connectivity index (χ1n) is 9.64. The monoisotopic (exact) mass is 452 g/mol. The second-order valence-corrected chi connectivity index (χ2v) is 6.97. The number of hydrogen-bond donors (Lipinski definition) is 1. The highest BCUT2D eigenvalue weighted by atomic mass is 35.5. The molecule has 0 radical (unpaired) electrons. The summed E-state index contributed by atoms with van der Waals surface area (Å²) in [6.45, 7) is 0.122. The number of para-hydroxylation sites is 1. The summed E-state index contributed by atoms with van der Waals surface area (Å²) in [7, 11) is 1.34. The highest BCUT2D eigenvalue weighted by molar-refractivity contribution is 6.32. The summed E-state index contributed by atoms with van der Waals surface area (Å²) in [6, 6.07) is 21.1. The Labute approximate surface area is 190 Å². The van der Waals surface area contributed by atoms with E-state index in [1.54, 1.807) is 54.6 Å². The Bertz CT molecular complexity index is 1100. The Morgan fingerprint density at radius 1 is 1.00 bits per heavy atom. The van der Waals surface area contributed by atoms with Gasteiger partial charge in [-0.2, -0.15) is 5.10 Å². The molecule has 164 valence electrons. The van der Waals surface area contributed by atoms with Crippen molar-refractivity contribution in [3.05, 3.63) is 94.5 Å². The van der Waals surface area contributed by atoms with Crippen LogP contribution in [0.25, 0.3) is 0 Å². The van der Waals surface area contributed by atoms with Crippen molar-refractivity contribution in [3.8, 4) is 11.5 Å². The molecular weight excluding hydrogens is 432 g/mol. The summed E-state index contributed by atoms with van der Waals surface area (Å²) in [4.78, 5) is 23.4. The van der Waals surface area contributed by atoms with E-state index in [1.807, 2.05) is 18.2 Å². The molecule has 32 heavy (non-hydrogen) atoms. The maximum atomic E-state index is 11.9. The lowest BCUT2D eigenvalue weighted by atomic mass is 10.1. The Kier molecular flexibility index (Phi) is 8.22. The number of rotatable bonds is 9. The van der Waals surface area contributed by atoms with Gasteiger partial charge >= 0.3 is 5.97 Å². The average molecular weight is 453 g/mol. The van der Waals surface area contributed by atoms with Crippen LogP contribution in [0, 0.1) is 0 Å².